The van der Waals surface area contributed by atoms with Gasteiger partial charge in [-0.2, -0.15) is 0 Å². The van der Waals surface area contributed by atoms with Gasteiger partial charge in [-0.15, -0.1) is 11.3 Å². The first-order chi connectivity index (χ1) is 6.50. The van der Waals surface area contributed by atoms with Crippen LogP contribution in [0.4, 0.5) is 0 Å². The van der Waals surface area contributed by atoms with E-state index in [4.69, 9.17) is 5.11 Å². The molecule has 0 fully saturated rings. The normalized spacial score (nSPS) is 13.1. The van der Waals surface area contributed by atoms with Crippen molar-refractivity contribution < 1.29 is 9.90 Å². The molecule has 14 heavy (non-hydrogen) atoms. The average Bonchev–Trinajstić information content (AvgIpc) is 2.46. The summed E-state index contributed by atoms with van der Waals surface area (Å²) in [6.45, 7) is 1.91. The predicted octanol–water partition coefficient (Wildman–Crippen LogP) is 1.53. The quantitative estimate of drug-likeness (QED) is 0.825. The average molecular weight is 214 g/mol. The van der Waals surface area contributed by atoms with Crippen LogP contribution >= 0.6 is 11.3 Å². The summed E-state index contributed by atoms with van der Waals surface area (Å²) in [6.07, 6.45) is 0.0972. The lowest BCUT2D eigenvalue weighted by Gasteiger charge is -2.19. The molecule has 0 aromatic carbocycles. The number of aromatic nitrogens is 1. The molecule has 1 aromatic rings. The SMILES string of the molecule is Cc1csc(C(CC(=O)O)N(C)C)n1. The van der Waals surface area contributed by atoms with Crippen LogP contribution < -0.4 is 0 Å². The van der Waals surface area contributed by atoms with Crippen LogP contribution in [-0.4, -0.2) is 35.1 Å². The molecule has 0 aliphatic carbocycles. The second-order valence-electron chi connectivity index (χ2n) is 3.40. The van der Waals surface area contributed by atoms with Crippen LogP contribution in [0.2, 0.25) is 0 Å². The number of rotatable bonds is 4. The number of carboxylic acid groups (broad SMARTS) is 1. The van der Waals surface area contributed by atoms with Gasteiger partial charge in [0.1, 0.15) is 5.01 Å². The Bertz CT molecular complexity index is 322. The first-order valence-electron chi connectivity index (χ1n) is 4.31. The van der Waals surface area contributed by atoms with Gasteiger partial charge in [-0.25, -0.2) is 4.98 Å². The van der Waals surface area contributed by atoms with Gasteiger partial charge in [-0.3, -0.25) is 9.69 Å². The molecule has 0 aliphatic rings. The van der Waals surface area contributed by atoms with Gasteiger partial charge >= 0.3 is 5.97 Å². The van der Waals surface area contributed by atoms with E-state index in [2.05, 4.69) is 4.98 Å². The zero-order chi connectivity index (χ0) is 10.7. The highest BCUT2D eigenvalue weighted by Crippen LogP contribution is 2.24. The van der Waals surface area contributed by atoms with Gasteiger partial charge in [0.15, 0.2) is 0 Å². The largest absolute Gasteiger partial charge is 0.481 e. The summed E-state index contributed by atoms with van der Waals surface area (Å²) in [7, 11) is 3.73. The maximum absolute atomic E-state index is 10.6. The molecule has 5 heteroatoms. The second kappa shape index (κ2) is 4.52. The molecule has 1 heterocycles. The fourth-order valence-corrected chi connectivity index (χ4v) is 2.17. The van der Waals surface area contributed by atoms with E-state index >= 15 is 0 Å². The van der Waals surface area contributed by atoms with Crippen molar-refractivity contribution >= 4 is 17.3 Å². The van der Waals surface area contributed by atoms with Gasteiger partial charge in [0.05, 0.1) is 12.5 Å². The number of carboxylic acids is 1. The van der Waals surface area contributed by atoms with E-state index < -0.39 is 5.97 Å². The van der Waals surface area contributed by atoms with Gasteiger partial charge < -0.3 is 5.11 Å². The Hall–Kier alpha value is -0.940. The molecule has 0 bridgehead atoms. The summed E-state index contributed by atoms with van der Waals surface area (Å²) in [5.74, 6) is -0.795. The lowest BCUT2D eigenvalue weighted by atomic mass is 10.2. The Balaban J connectivity index is 2.82. The van der Waals surface area contributed by atoms with Gasteiger partial charge in [-0.1, -0.05) is 0 Å². The maximum atomic E-state index is 10.6. The molecule has 1 atom stereocenters. The molecule has 1 rings (SSSR count). The highest BCUT2D eigenvalue weighted by atomic mass is 32.1. The lowest BCUT2D eigenvalue weighted by molar-refractivity contribution is -0.138. The Kier molecular flexibility index (Phi) is 3.60. The van der Waals surface area contributed by atoms with E-state index in [0.29, 0.717) is 0 Å². The minimum atomic E-state index is -0.795. The highest BCUT2D eigenvalue weighted by molar-refractivity contribution is 7.09. The number of hydrogen-bond donors (Lipinski definition) is 1. The van der Waals surface area contributed by atoms with E-state index in [1.807, 2.05) is 31.3 Å². The van der Waals surface area contributed by atoms with E-state index in [9.17, 15) is 4.79 Å². The van der Waals surface area contributed by atoms with E-state index in [1.54, 1.807) is 0 Å². The zero-order valence-electron chi connectivity index (χ0n) is 8.52. The van der Waals surface area contributed by atoms with Crippen molar-refractivity contribution in [3.8, 4) is 0 Å². The molecule has 4 nitrogen and oxygen atoms in total. The third-order valence-corrected chi connectivity index (χ3v) is 2.98. The van der Waals surface area contributed by atoms with Gasteiger partial charge in [0, 0.05) is 11.1 Å². The lowest BCUT2D eigenvalue weighted by Crippen LogP contribution is -2.22. The van der Waals surface area contributed by atoms with Crippen LogP contribution in [-0.2, 0) is 4.79 Å². The van der Waals surface area contributed by atoms with Crippen LogP contribution in [0.1, 0.15) is 23.2 Å². The van der Waals surface area contributed by atoms with Crippen molar-refractivity contribution in [2.45, 2.75) is 19.4 Å². The summed E-state index contributed by atoms with van der Waals surface area (Å²) < 4.78 is 0. The summed E-state index contributed by atoms with van der Waals surface area (Å²) in [5, 5.41) is 11.6. The number of nitrogens with zero attached hydrogens (tertiary/aromatic N) is 2. The summed E-state index contributed by atoms with van der Waals surface area (Å²) in [4.78, 5) is 16.8. The molecule has 78 valence electrons. The van der Waals surface area contributed by atoms with Gasteiger partial charge in [0.25, 0.3) is 0 Å². The standard InChI is InChI=1S/C9H14N2O2S/c1-6-5-14-9(10-6)7(11(2)3)4-8(12)13/h5,7H,4H2,1-3H3,(H,12,13). The van der Waals surface area contributed by atoms with Crippen molar-refractivity contribution in [2.24, 2.45) is 0 Å². The number of hydrogen-bond acceptors (Lipinski definition) is 4. The molecule has 0 amide bonds. The molecule has 0 saturated carbocycles. The number of thiazole rings is 1. The number of carbonyl (C=O) groups is 1. The highest BCUT2D eigenvalue weighted by Gasteiger charge is 2.20. The third-order valence-electron chi connectivity index (χ3n) is 1.91. The third kappa shape index (κ3) is 2.78. The van der Waals surface area contributed by atoms with Crippen molar-refractivity contribution in [1.29, 1.82) is 0 Å². The van der Waals surface area contributed by atoms with Crippen LogP contribution in [0.15, 0.2) is 5.38 Å². The van der Waals surface area contributed by atoms with Crippen LogP contribution in [0.3, 0.4) is 0 Å². The molecule has 1 aromatic heterocycles. The fraction of sp³-hybridized carbons (Fsp3) is 0.556. The number of aryl methyl sites for hydroxylation is 1. The Morgan fingerprint density at radius 1 is 1.71 bits per heavy atom. The first kappa shape index (κ1) is 11.1. The monoisotopic (exact) mass is 214 g/mol. The first-order valence-corrected chi connectivity index (χ1v) is 5.19. The van der Waals surface area contributed by atoms with E-state index in [0.717, 1.165) is 10.7 Å². The predicted molar refractivity (Wildman–Crippen MR) is 55.5 cm³/mol. The minimum Gasteiger partial charge on any atom is -0.481 e. The maximum Gasteiger partial charge on any atom is 0.305 e. The van der Waals surface area contributed by atoms with Crippen LogP contribution in [0.5, 0.6) is 0 Å². The van der Waals surface area contributed by atoms with Crippen molar-refractivity contribution in [2.75, 3.05) is 14.1 Å². The second-order valence-corrected chi connectivity index (χ2v) is 4.29. The molecule has 0 aliphatic heterocycles. The van der Waals surface area contributed by atoms with Crippen LogP contribution in [0.25, 0.3) is 0 Å². The minimum absolute atomic E-state index is 0.0972. The van der Waals surface area contributed by atoms with Gasteiger partial charge in [0.2, 0.25) is 0 Å². The molecular formula is C9H14N2O2S. The Labute approximate surface area is 87.2 Å². The van der Waals surface area contributed by atoms with Crippen molar-refractivity contribution in [3.05, 3.63) is 16.1 Å². The van der Waals surface area contributed by atoms with Crippen molar-refractivity contribution in [1.82, 2.24) is 9.88 Å². The zero-order valence-corrected chi connectivity index (χ0v) is 9.34. The summed E-state index contributed by atoms with van der Waals surface area (Å²) >= 11 is 1.51. The topological polar surface area (TPSA) is 53.4 Å². The van der Waals surface area contributed by atoms with E-state index in [1.165, 1.54) is 11.3 Å². The Morgan fingerprint density at radius 2 is 2.36 bits per heavy atom. The molecule has 0 radical (unpaired) electrons. The van der Waals surface area contributed by atoms with Crippen LogP contribution in [0, 0.1) is 6.92 Å². The molecule has 0 saturated heterocycles. The number of aliphatic carboxylic acids is 1. The molecule has 0 spiro atoms. The summed E-state index contributed by atoms with van der Waals surface area (Å²) in [6, 6.07) is -0.119. The van der Waals surface area contributed by atoms with Gasteiger partial charge in [-0.05, 0) is 21.0 Å². The smallest absolute Gasteiger partial charge is 0.305 e. The summed E-state index contributed by atoms with van der Waals surface area (Å²) in [5.41, 5.74) is 0.947. The van der Waals surface area contributed by atoms with E-state index in [-0.39, 0.29) is 12.5 Å². The fourth-order valence-electron chi connectivity index (χ4n) is 1.18. The molecular weight excluding hydrogens is 200 g/mol. The van der Waals surface area contributed by atoms with Crippen molar-refractivity contribution in [3.63, 3.8) is 0 Å². The molecule has 1 unspecified atom stereocenters. The molecule has 1 N–H and O–H groups in total. The Morgan fingerprint density at radius 3 is 2.71 bits per heavy atom.